The predicted octanol–water partition coefficient (Wildman–Crippen LogP) is 7.06. The summed E-state index contributed by atoms with van der Waals surface area (Å²) < 4.78 is 23.4. The molecular formula is C57H69FN10O5. The van der Waals surface area contributed by atoms with E-state index in [-0.39, 0.29) is 47.1 Å². The molecule has 7 aliphatic rings. The van der Waals surface area contributed by atoms with E-state index in [2.05, 4.69) is 43.2 Å². The Balaban J connectivity index is 0.619. The first-order chi connectivity index (χ1) is 35.6. The number of ether oxygens (including phenoxy) is 1. The zero-order valence-corrected chi connectivity index (χ0v) is 42.2. The fourth-order valence-corrected chi connectivity index (χ4v) is 13.6. The number of phenolic OH excluding ortho intramolecular Hbond substituents is 1. The van der Waals surface area contributed by atoms with Crippen molar-refractivity contribution in [1.29, 1.82) is 0 Å². The number of anilines is 2. The van der Waals surface area contributed by atoms with Crippen LogP contribution < -0.4 is 25.2 Å². The number of aromatic nitrogens is 3. The summed E-state index contributed by atoms with van der Waals surface area (Å²) in [5.41, 5.74) is 4.75. The lowest BCUT2D eigenvalue weighted by Crippen LogP contribution is -2.52. The molecule has 9 heterocycles. The van der Waals surface area contributed by atoms with Crippen LogP contribution in [0.15, 0.2) is 54.7 Å². The number of aromatic hydroxyl groups is 1. The van der Waals surface area contributed by atoms with Crippen molar-refractivity contribution in [3.63, 3.8) is 0 Å². The number of hydrogen-bond donors (Lipinski definition) is 3. The van der Waals surface area contributed by atoms with Gasteiger partial charge < -0.3 is 34.8 Å². The highest BCUT2D eigenvalue weighted by Crippen LogP contribution is 2.40. The van der Waals surface area contributed by atoms with Crippen LogP contribution >= 0.6 is 0 Å². The minimum absolute atomic E-state index is 0.0607. The molecule has 0 saturated carbocycles. The smallest absolute Gasteiger partial charge is 0.319 e. The maximum Gasteiger partial charge on any atom is 0.319 e. The quantitative estimate of drug-likeness (QED) is 0.103. The molecule has 0 radical (unpaired) electrons. The van der Waals surface area contributed by atoms with Gasteiger partial charge in [-0.15, -0.1) is 0 Å². The summed E-state index contributed by atoms with van der Waals surface area (Å²) in [5, 5.41) is 19.2. The molecule has 7 aliphatic heterocycles. The lowest BCUT2D eigenvalue weighted by molar-refractivity contribution is -0.136. The maximum atomic E-state index is 17.1. The normalized spacial score (nSPS) is 23.8. The molecule has 3 amide bonds. The van der Waals surface area contributed by atoms with E-state index in [0.29, 0.717) is 59.9 Å². The van der Waals surface area contributed by atoms with E-state index in [1.807, 2.05) is 30.3 Å². The molecule has 3 aromatic carbocycles. The zero-order valence-electron chi connectivity index (χ0n) is 42.2. The summed E-state index contributed by atoms with van der Waals surface area (Å²) in [6, 6.07) is 15.5. The molecule has 73 heavy (non-hydrogen) atoms. The maximum absolute atomic E-state index is 17.1. The average molecular weight is 993 g/mol. The minimum Gasteiger partial charge on any atom is -0.508 e. The number of amides is 3. The SMILES string of the molecule is CCc1cccc2cc(O)cc(-c3ncc4c(N5CC6CCC(C5)N6)nc(OCCN5CCC(CC6CCN(CC7CCN(c8cccc9c8CN(C8CCC(=O)NC8=O)C9=O)CC7)CC6)CC5)nc4c3F)c12. The molecule has 384 valence electrons. The van der Waals surface area contributed by atoms with Gasteiger partial charge >= 0.3 is 6.01 Å². The van der Waals surface area contributed by atoms with Gasteiger partial charge in [0.05, 0.1) is 5.39 Å². The highest BCUT2D eigenvalue weighted by molar-refractivity contribution is 6.06. The van der Waals surface area contributed by atoms with Crippen LogP contribution in [0.5, 0.6) is 11.8 Å². The van der Waals surface area contributed by atoms with Gasteiger partial charge in [0.1, 0.15) is 35.4 Å². The van der Waals surface area contributed by atoms with E-state index >= 15 is 4.39 Å². The molecule has 2 bridgehead atoms. The molecule has 12 rings (SSSR count). The van der Waals surface area contributed by atoms with Gasteiger partial charge in [0.2, 0.25) is 11.8 Å². The molecule has 0 spiro atoms. The topological polar surface area (TPSA) is 160 Å². The van der Waals surface area contributed by atoms with E-state index in [1.54, 1.807) is 23.2 Å². The van der Waals surface area contributed by atoms with Gasteiger partial charge in [-0.1, -0.05) is 31.2 Å². The zero-order chi connectivity index (χ0) is 49.7. The van der Waals surface area contributed by atoms with Crippen molar-refractivity contribution in [1.82, 2.24) is 40.3 Å². The van der Waals surface area contributed by atoms with Crippen LogP contribution in [0.25, 0.3) is 32.9 Å². The number of piperidine rings is 4. The molecular weight excluding hydrogens is 924 g/mol. The third kappa shape index (κ3) is 9.70. The molecule has 3 unspecified atom stereocenters. The van der Waals surface area contributed by atoms with Crippen molar-refractivity contribution in [3.05, 3.63) is 77.2 Å². The van der Waals surface area contributed by atoms with Crippen molar-refractivity contribution < 1.29 is 28.6 Å². The van der Waals surface area contributed by atoms with Crippen molar-refractivity contribution in [2.45, 2.75) is 109 Å². The Morgan fingerprint density at radius 1 is 0.795 bits per heavy atom. The van der Waals surface area contributed by atoms with Crippen molar-refractivity contribution in [2.75, 3.05) is 81.9 Å². The van der Waals surface area contributed by atoms with Crippen molar-refractivity contribution >= 4 is 50.9 Å². The van der Waals surface area contributed by atoms with Gasteiger partial charge in [0, 0.05) is 92.9 Å². The summed E-state index contributed by atoms with van der Waals surface area (Å²) in [4.78, 5) is 63.8. The number of carbonyl (C=O) groups is 3. The van der Waals surface area contributed by atoms with Crippen LogP contribution in [0.2, 0.25) is 0 Å². The predicted molar refractivity (Wildman–Crippen MR) is 279 cm³/mol. The summed E-state index contributed by atoms with van der Waals surface area (Å²) in [6.07, 6.45) is 13.8. The lowest BCUT2D eigenvalue weighted by Gasteiger charge is -2.40. The monoisotopic (exact) mass is 993 g/mol. The second kappa shape index (κ2) is 20.4. The summed E-state index contributed by atoms with van der Waals surface area (Å²) >= 11 is 0. The fraction of sp³-hybridized carbons (Fsp3) is 0.544. The Labute approximate surface area is 426 Å². The summed E-state index contributed by atoms with van der Waals surface area (Å²) in [5.74, 6) is 1.62. The Kier molecular flexibility index (Phi) is 13.4. The number of halogens is 1. The Morgan fingerprint density at radius 3 is 2.26 bits per heavy atom. The number of phenols is 1. The van der Waals surface area contributed by atoms with Crippen LogP contribution in [0.3, 0.4) is 0 Å². The minimum atomic E-state index is -0.600. The van der Waals surface area contributed by atoms with Gasteiger partial charge in [-0.25, -0.2) is 4.39 Å². The number of likely N-dealkylation sites (tertiary alicyclic amines) is 2. The highest BCUT2D eigenvalue weighted by atomic mass is 19.1. The van der Waals surface area contributed by atoms with Gasteiger partial charge in [0.15, 0.2) is 5.82 Å². The summed E-state index contributed by atoms with van der Waals surface area (Å²) in [7, 11) is 0. The number of piperazine rings is 1. The van der Waals surface area contributed by atoms with E-state index < -0.39 is 11.9 Å². The van der Waals surface area contributed by atoms with E-state index in [4.69, 9.17) is 19.7 Å². The number of benzene rings is 3. The molecule has 15 nitrogen and oxygen atoms in total. The van der Waals surface area contributed by atoms with Crippen LogP contribution in [0.4, 0.5) is 15.9 Å². The van der Waals surface area contributed by atoms with E-state index in [1.165, 1.54) is 45.2 Å². The molecule has 5 aromatic rings. The molecule has 0 aliphatic carbocycles. The molecule has 6 fully saturated rings. The van der Waals surface area contributed by atoms with Crippen molar-refractivity contribution in [3.8, 4) is 23.0 Å². The van der Waals surface area contributed by atoms with Crippen LogP contribution in [0, 0.1) is 23.6 Å². The molecule has 3 atom stereocenters. The second-order valence-corrected chi connectivity index (χ2v) is 22.2. The van der Waals surface area contributed by atoms with Crippen LogP contribution in [-0.2, 0) is 22.6 Å². The van der Waals surface area contributed by atoms with Gasteiger partial charge in [-0.05, 0) is 155 Å². The number of rotatable bonds is 13. The summed E-state index contributed by atoms with van der Waals surface area (Å²) in [6.45, 7) is 12.7. The fourth-order valence-electron chi connectivity index (χ4n) is 13.6. The number of carbonyl (C=O) groups excluding carboxylic acids is 3. The first-order valence-electron chi connectivity index (χ1n) is 27.3. The van der Waals surface area contributed by atoms with Crippen LogP contribution in [0.1, 0.15) is 99.0 Å². The molecule has 16 heteroatoms. The van der Waals surface area contributed by atoms with Crippen molar-refractivity contribution in [2.24, 2.45) is 17.8 Å². The van der Waals surface area contributed by atoms with Gasteiger partial charge in [-0.2, -0.15) is 9.97 Å². The average Bonchev–Trinajstić information content (AvgIpc) is 3.93. The van der Waals surface area contributed by atoms with E-state index in [9.17, 15) is 19.5 Å². The number of imide groups is 1. The molecule has 6 saturated heterocycles. The van der Waals surface area contributed by atoms with E-state index in [0.717, 1.165) is 124 Å². The standard InChI is InChI=1S/C57H69FN10O5/c1-2-38-5-3-6-39-28-42(69)29-44(50(38)39)52-51(58)53-45(30-59-52)54(67-32-40-9-10-41(33-67)60-40)63-57(62-53)73-26-25-64-19-13-35(14-20-64)27-36-15-21-65(22-16-36)31-37-17-23-66(24-18-37)47-8-4-7-43-46(47)34-68(56(43)72)48-11-12-49(70)61-55(48)71/h3-8,28-30,35-37,40-41,48,60,69H,2,9-27,31-34H2,1H3,(H,61,70,71). The number of hydrogen-bond acceptors (Lipinski definition) is 13. The number of nitrogens with one attached hydrogen (secondary N) is 2. The first kappa shape index (κ1) is 48.0. The number of pyridine rings is 1. The number of nitrogens with zero attached hydrogens (tertiary/aromatic N) is 8. The highest BCUT2D eigenvalue weighted by Gasteiger charge is 2.41. The van der Waals surface area contributed by atoms with Crippen LogP contribution in [-0.4, -0.2) is 143 Å². The largest absolute Gasteiger partial charge is 0.508 e. The van der Waals surface area contributed by atoms with Gasteiger partial charge in [-0.3, -0.25) is 29.6 Å². The molecule has 3 N–H and O–H groups in total. The third-order valence-electron chi connectivity index (χ3n) is 17.6. The Hall–Kier alpha value is -5.97. The van der Waals surface area contributed by atoms with Gasteiger partial charge in [0.25, 0.3) is 5.91 Å². The second-order valence-electron chi connectivity index (χ2n) is 22.2. The third-order valence-corrected chi connectivity index (χ3v) is 17.6. The Morgan fingerprint density at radius 2 is 1.52 bits per heavy atom. The lowest BCUT2D eigenvalue weighted by atomic mass is 9.82. The molecule has 2 aromatic heterocycles. The first-order valence-corrected chi connectivity index (χ1v) is 27.3. The number of fused-ring (bicyclic) bond motifs is 5. The number of aryl methyl sites for hydroxylation is 1. The Bertz CT molecular complexity index is 2900.